The van der Waals surface area contributed by atoms with Crippen LogP contribution in [-0.2, 0) is 4.79 Å². The summed E-state index contributed by atoms with van der Waals surface area (Å²) < 4.78 is 17.7. The van der Waals surface area contributed by atoms with Gasteiger partial charge in [0.05, 0.1) is 12.6 Å². The van der Waals surface area contributed by atoms with Crippen LogP contribution in [0.5, 0.6) is 17.2 Å². The van der Waals surface area contributed by atoms with Crippen molar-refractivity contribution in [2.45, 2.75) is 57.8 Å². The fourth-order valence-corrected chi connectivity index (χ4v) is 3.89. The van der Waals surface area contributed by atoms with Gasteiger partial charge in [0.1, 0.15) is 5.75 Å². The molecule has 1 aliphatic heterocycles. The Kier molecular flexibility index (Phi) is 6.02. The first-order valence-electron chi connectivity index (χ1n) is 10.8. The molecule has 0 saturated heterocycles. The summed E-state index contributed by atoms with van der Waals surface area (Å²) in [5, 5.41) is 5.42. The van der Waals surface area contributed by atoms with Gasteiger partial charge in [-0.2, -0.15) is 0 Å². The third kappa shape index (κ3) is 5.10. The molecule has 0 atom stereocenters. The summed E-state index contributed by atoms with van der Waals surface area (Å²) in [6.07, 6.45) is 5.19. The summed E-state index contributed by atoms with van der Waals surface area (Å²) >= 11 is 0. The van der Waals surface area contributed by atoms with Crippen molar-refractivity contribution in [2.75, 3.05) is 11.9 Å². The zero-order chi connectivity index (χ0) is 21.8. The maximum Gasteiger partial charge on any atom is 0.251 e. The van der Waals surface area contributed by atoms with Crippen molar-refractivity contribution in [2.24, 2.45) is 0 Å². The highest BCUT2D eigenvalue weighted by molar-refractivity contribution is 5.99. The number of ether oxygens (including phenoxy) is 3. The van der Waals surface area contributed by atoms with Crippen molar-refractivity contribution in [3.63, 3.8) is 0 Å². The Morgan fingerprint density at radius 2 is 1.71 bits per heavy atom. The van der Waals surface area contributed by atoms with E-state index in [2.05, 4.69) is 10.6 Å². The van der Waals surface area contributed by atoms with E-state index in [1.807, 2.05) is 19.9 Å². The molecule has 164 valence electrons. The molecular formula is C24H28N2O5. The van der Waals surface area contributed by atoms with Crippen LogP contribution < -0.4 is 24.8 Å². The molecule has 2 N–H and O–H groups in total. The zero-order valence-electron chi connectivity index (χ0n) is 17.9. The number of benzene rings is 2. The molecule has 0 unspecified atom stereocenters. The standard InChI is InChI=1S/C24H28N2O5/c1-16(2)29-19-9-6-17(7-10-19)23(28)25-15-22(27)26-18-8-11-20-21(14-18)31-24(30-20)12-4-3-5-13-24/h6-11,14,16H,3-5,12-13,15H2,1-2H3,(H,25,28)(H,26,27). The van der Waals surface area contributed by atoms with E-state index in [0.717, 1.165) is 25.7 Å². The van der Waals surface area contributed by atoms with Crippen molar-refractivity contribution >= 4 is 17.5 Å². The van der Waals surface area contributed by atoms with Crippen LogP contribution in [0.25, 0.3) is 0 Å². The summed E-state index contributed by atoms with van der Waals surface area (Å²) in [4.78, 5) is 24.6. The van der Waals surface area contributed by atoms with Crippen LogP contribution in [0.15, 0.2) is 42.5 Å². The Hall–Kier alpha value is -3.22. The predicted octanol–water partition coefficient (Wildman–Crippen LogP) is 4.27. The third-order valence-corrected chi connectivity index (χ3v) is 5.33. The van der Waals surface area contributed by atoms with Gasteiger partial charge in [-0.3, -0.25) is 9.59 Å². The van der Waals surface area contributed by atoms with Crippen LogP contribution in [0, 0.1) is 0 Å². The molecule has 1 spiro atoms. The largest absolute Gasteiger partial charge is 0.491 e. The normalized spacial score (nSPS) is 16.2. The van der Waals surface area contributed by atoms with Crippen molar-refractivity contribution in [3.05, 3.63) is 48.0 Å². The lowest BCUT2D eigenvalue weighted by molar-refractivity contribution is -0.115. The Bertz CT molecular complexity index is 949. The second kappa shape index (κ2) is 8.88. The smallest absolute Gasteiger partial charge is 0.251 e. The van der Waals surface area contributed by atoms with Crippen molar-refractivity contribution in [3.8, 4) is 17.2 Å². The van der Waals surface area contributed by atoms with E-state index in [1.165, 1.54) is 6.42 Å². The van der Waals surface area contributed by atoms with Gasteiger partial charge in [0.25, 0.3) is 11.7 Å². The van der Waals surface area contributed by atoms with E-state index < -0.39 is 5.79 Å². The van der Waals surface area contributed by atoms with Gasteiger partial charge in [-0.25, -0.2) is 0 Å². The summed E-state index contributed by atoms with van der Waals surface area (Å²) in [6.45, 7) is 3.74. The number of hydrogen-bond donors (Lipinski definition) is 2. The first-order chi connectivity index (χ1) is 14.9. The highest BCUT2D eigenvalue weighted by atomic mass is 16.7. The van der Waals surface area contributed by atoms with Crippen LogP contribution in [0.4, 0.5) is 5.69 Å². The van der Waals surface area contributed by atoms with Crippen LogP contribution in [0.1, 0.15) is 56.3 Å². The first kappa shape index (κ1) is 21.0. The summed E-state index contributed by atoms with van der Waals surface area (Å²) in [5.74, 6) is 0.857. The van der Waals surface area contributed by atoms with Crippen LogP contribution in [0.3, 0.4) is 0 Å². The maximum atomic E-state index is 12.3. The Labute approximate surface area is 182 Å². The average molecular weight is 424 g/mol. The van der Waals surface area contributed by atoms with Gasteiger partial charge in [-0.05, 0) is 63.1 Å². The van der Waals surface area contributed by atoms with Gasteiger partial charge in [0.2, 0.25) is 5.91 Å². The molecule has 1 saturated carbocycles. The third-order valence-electron chi connectivity index (χ3n) is 5.33. The van der Waals surface area contributed by atoms with Crippen LogP contribution in [0.2, 0.25) is 0 Å². The minimum absolute atomic E-state index is 0.0627. The number of anilines is 1. The molecule has 1 heterocycles. The topological polar surface area (TPSA) is 85.9 Å². The fourth-order valence-electron chi connectivity index (χ4n) is 3.89. The lowest BCUT2D eigenvalue weighted by Gasteiger charge is -2.31. The summed E-state index contributed by atoms with van der Waals surface area (Å²) in [7, 11) is 0. The molecule has 4 rings (SSSR count). The fraction of sp³-hybridized carbons (Fsp3) is 0.417. The van der Waals surface area contributed by atoms with Gasteiger partial charge in [0.15, 0.2) is 11.5 Å². The van der Waals surface area contributed by atoms with Gasteiger partial charge < -0.3 is 24.8 Å². The molecule has 2 aromatic carbocycles. The minimum Gasteiger partial charge on any atom is -0.491 e. The highest BCUT2D eigenvalue weighted by Crippen LogP contribution is 2.46. The number of amides is 2. The molecule has 2 aromatic rings. The van der Waals surface area contributed by atoms with E-state index in [0.29, 0.717) is 28.5 Å². The van der Waals surface area contributed by atoms with E-state index in [1.54, 1.807) is 36.4 Å². The van der Waals surface area contributed by atoms with Gasteiger partial charge in [-0.15, -0.1) is 0 Å². The monoisotopic (exact) mass is 424 g/mol. The van der Waals surface area contributed by atoms with Crippen LogP contribution in [-0.4, -0.2) is 30.3 Å². The first-order valence-corrected chi connectivity index (χ1v) is 10.8. The molecular weight excluding hydrogens is 396 g/mol. The zero-order valence-corrected chi connectivity index (χ0v) is 17.9. The summed E-state index contributed by atoms with van der Waals surface area (Å²) in [5.41, 5.74) is 1.06. The van der Waals surface area contributed by atoms with Gasteiger partial charge in [-0.1, -0.05) is 6.42 Å². The number of carbonyl (C=O) groups is 2. The average Bonchev–Trinajstić information content (AvgIpc) is 3.09. The molecule has 0 aromatic heterocycles. The molecule has 0 radical (unpaired) electrons. The van der Waals surface area contributed by atoms with E-state index in [4.69, 9.17) is 14.2 Å². The molecule has 1 fully saturated rings. The Balaban J connectivity index is 1.29. The van der Waals surface area contributed by atoms with Gasteiger partial charge in [0, 0.05) is 30.2 Å². The second-order valence-corrected chi connectivity index (χ2v) is 8.26. The number of carbonyl (C=O) groups excluding carboxylic acids is 2. The highest BCUT2D eigenvalue weighted by Gasteiger charge is 2.42. The Morgan fingerprint density at radius 1 is 1.00 bits per heavy atom. The maximum absolute atomic E-state index is 12.3. The van der Waals surface area contributed by atoms with Crippen LogP contribution >= 0.6 is 0 Å². The number of fused-ring (bicyclic) bond motifs is 1. The lowest BCUT2D eigenvalue weighted by atomic mass is 9.94. The minimum atomic E-state index is -0.549. The van der Waals surface area contributed by atoms with Gasteiger partial charge >= 0.3 is 0 Å². The SMILES string of the molecule is CC(C)Oc1ccc(C(=O)NCC(=O)Nc2ccc3c(c2)OC2(CCCCC2)O3)cc1. The number of hydrogen-bond acceptors (Lipinski definition) is 5. The molecule has 2 amide bonds. The van der Waals surface area contributed by atoms with Crippen molar-refractivity contribution in [1.82, 2.24) is 5.32 Å². The summed E-state index contributed by atoms with van der Waals surface area (Å²) in [6, 6.07) is 12.2. The molecule has 7 heteroatoms. The van der Waals surface area contributed by atoms with E-state index >= 15 is 0 Å². The Morgan fingerprint density at radius 3 is 2.42 bits per heavy atom. The van der Waals surface area contributed by atoms with E-state index in [9.17, 15) is 9.59 Å². The van der Waals surface area contributed by atoms with Crippen molar-refractivity contribution < 1.29 is 23.8 Å². The van der Waals surface area contributed by atoms with E-state index in [-0.39, 0.29) is 24.5 Å². The molecule has 1 aliphatic carbocycles. The molecule has 7 nitrogen and oxygen atoms in total. The second-order valence-electron chi connectivity index (χ2n) is 8.26. The molecule has 0 bridgehead atoms. The quantitative estimate of drug-likeness (QED) is 0.723. The van der Waals surface area contributed by atoms with Crippen molar-refractivity contribution in [1.29, 1.82) is 0 Å². The lowest BCUT2D eigenvalue weighted by Crippen LogP contribution is -2.40. The molecule has 31 heavy (non-hydrogen) atoms. The molecule has 2 aliphatic rings. The predicted molar refractivity (Wildman–Crippen MR) is 117 cm³/mol. The number of rotatable bonds is 6. The number of nitrogens with one attached hydrogen (secondary N) is 2.